The first-order valence-electron chi connectivity index (χ1n) is 7.94. The molecule has 128 valence electrons. The van der Waals surface area contributed by atoms with Gasteiger partial charge in [0, 0.05) is 30.8 Å². The van der Waals surface area contributed by atoms with Crippen molar-refractivity contribution in [3.8, 4) is 5.75 Å². The summed E-state index contributed by atoms with van der Waals surface area (Å²) < 4.78 is 5.67. The van der Waals surface area contributed by atoms with Crippen LogP contribution in [0.5, 0.6) is 5.75 Å². The summed E-state index contributed by atoms with van der Waals surface area (Å²) >= 11 is 5.99. The van der Waals surface area contributed by atoms with E-state index in [9.17, 15) is 4.79 Å². The second kappa shape index (κ2) is 8.60. The maximum atomic E-state index is 12.1. The number of carbonyl (C=O) groups is 1. The van der Waals surface area contributed by atoms with Gasteiger partial charge in [0.2, 0.25) is 0 Å². The highest BCUT2D eigenvalue weighted by Gasteiger charge is 2.14. The number of ether oxygens (including phenoxy) is 1. The Morgan fingerprint density at radius 2 is 1.96 bits per heavy atom. The first-order chi connectivity index (χ1) is 11.5. The Kier molecular flexibility index (Phi) is 6.50. The quantitative estimate of drug-likeness (QED) is 0.831. The number of nitrogens with one attached hydrogen (secondary N) is 1. The van der Waals surface area contributed by atoms with Crippen LogP contribution >= 0.6 is 11.6 Å². The number of halogens is 1. The monoisotopic (exact) mass is 346 g/mol. The van der Waals surface area contributed by atoms with Crippen LogP contribution in [0.15, 0.2) is 48.5 Å². The van der Waals surface area contributed by atoms with Crippen LogP contribution in [0.2, 0.25) is 5.02 Å². The zero-order valence-electron chi connectivity index (χ0n) is 14.3. The molecule has 0 heterocycles. The Morgan fingerprint density at radius 1 is 1.25 bits per heavy atom. The van der Waals surface area contributed by atoms with Gasteiger partial charge in [-0.3, -0.25) is 4.79 Å². The van der Waals surface area contributed by atoms with Crippen LogP contribution in [-0.4, -0.2) is 32.1 Å². The number of carbonyl (C=O) groups excluding carboxylic acids is 1. The summed E-state index contributed by atoms with van der Waals surface area (Å²) in [5.74, 6) is 0.505. The van der Waals surface area contributed by atoms with E-state index in [1.54, 1.807) is 19.1 Å². The van der Waals surface area contributed by atoms with Crippen molar-refractivity contribution in [1.82, 2.24) is 5.32 Å². The van der Waals surface area contributed by atoms with Crippen LogP contribution in [0, 0.1) is 6.92 Å². The fraction of sp³-hybridized carbons (Fsp3) is 0.316. The van der Waals surface area contributed by atoms with Crippen molar-refractivity contribution < 1.29 is 9.53 Å². The van der Waals surface area contributed by atoms with Gasteiger partial charge in [-0.1, -0.05) is 29.8 Å². The minimum absolute atomic E-state index is 0.135. The number of nitrogens with zero attached hydrogens (tertiary/aromatic N) is 1. The number of rotatable bonds is 7. The number of para-hydroxylation sites is 1. The van der Waals surface area contributed by atoms with E-state index in [4.69, 9.17) is 16.3 Å². The zero-order valence-corrected chi connectivity index (χ0v) is 15.0. The van der Waals surface area contributed by atoms with Gasteiger partial charge in [0.1, 0.15) is 5.75 Å². The molecule has 0 unspecified atom stereocenters. The molecule has 0 spiro atoms. The van der Waals surface area contributed by atoms with Gasteiger partial charge >= 0.3 is 0 Å². The molecule has 1 N–H and O–H groups in total. The van der Waals surface area contributed by atoms with Crippen LogP contribution in [0.25, 0.3) is 0 Å². The molecule has 0 bridgehead atoms. The summed E-state index contributed by atoms with van der Waals surface area (Å²) in [7, 11) is 2.00. The highest BCUT2D eigenvalue weighted by atomic mass is 35.5. The fourth-order valence-corrected chi connectivity index (χ4v) is 2.37. The van der Waals surface area contributed by atoms with Crippen LogP contribution in [0.4, 0.5) is 5.69 Å². The topological polar surface area (TPSA) is 41.6 Å². The van der Waals surface area contributed by atoms with Crippen LogP contribution in [0.1, 0.15) is 12.5 Å². The van der Waals surface area contributed by atoms with E-state index in [1.165, 1.54) is 0 Å². The van der Waals surface area contributed by atoms with E-state index in [2.05, 4.69) is 10.2 Å². The first-order valence-corrected chi connectivity index (χ1v) is 8.32. The van der Waals surface area contributed by atoms with Crippen molar-refractivity contribution in [2.45, 2.75) is 20.0 Å². The van der Waals surface area contributed by atoms with Crippen molar-refractivity contribution in [2.24, 2.45) is 0 Å². The Balaban J connectivity index is 1.78. The summed E-state index contributed by atoms with van der Waals surface area (Å²) in [6.07, 6.45) is -0.562. The molecule has 1 atom stereocenters. The van der Waals surface area contributed by atoms with Gasteiger partial charge in [0.05, 0.1) is 0 Å². The van der Waals surface area contributed by atoms with E-state index in [0.717, 1.165) is 17.8 Å². The Morgan fingerprint density at radius 3 is 2.62 bits per heavy atom. The highest BCUT2D eigenvalue weighted by Crippen LogP contribution is 2.21. The molecule has 2 aromatic carbocycles. The summed E-state index contributed by atoms with van der Waals surface area (Å²) in [5, 5.41) is 3.58. The fourth-order valence-electron chi connectivity index (χ4n) is 2.25. The number of likely N-dealkylation sites (N-methyl/N-ethyl adjacent to an activating group) is 1. The summed E-state index contributed by atoms with van der Waals surface area (Å²) in [5.41, 5.74) is 2.04. The molecule has 0 aliphatic rings. The third-order valence-electron chi connectivity index (χ3n) is 3.75. The Labute approximate surface area is 148 Å². The van der Waals surface area contributed by atoms with Crippen LogP contribution in [-0.2, 0) is 4.79 Å². The molecule has 4 nitrogen and oxygen atoms in total. The lowest BCUT2D eigenvalue weighted by Gasteiger charge is -2.20. The number of hydrogen-bond donors (Lipinski definition) is 1. The molecule has 0 fully saturated rings. The van der Waals surface area contributed by atoms with Crippen molar-refractivity contribution in [1.29, 1.82) is 0 Å². The van der Waals surface area contributed by atoms with Crippen molar-refractivity contribution in [3.05, 3.63) is 59.1 Å². The predicted octanol–water partition coefficient (Wildman–Crippen LogP) is 3.67. The molecule has 24 heavy (non-hydrogen) atoms. The molecule has 5 heteroatoms. The van der Waals surface area contributed by atoms with Gasteiger partial charge in [-0.25, -0.2) is 0 Å². The smallest absolute Gasteiger partial charge is 0.260 e. The van der Waals surface area contributed by atoms with E-state index >= 15 is 0 Å². The molecule has 0 radical (unpaired) electrons. The van der Waals surface area contributed by atoms with Gasteiger partial charge in [-0.05, 0) is 49.7 Å². The van der Waals surface area contributed by atoms with Gasteiger partial charge in [-0.2, -0.15) is 0 Å². The molecule has 2 rings (SSSR count). The van der Waals surface area contributed by atoms with Crippen molar-refractivity contribution in [3.63, 3.8) is 0 Å². The first kappa shape index (κ1) is 18.1. The van der Waals surface area contributed by atoms with E-state index in [1.807, 2.05) is 50.4 Å². The van der Waals surface area contributed by atoms with Gasteiger partial charge in [0.25, 0.3) is 5.91 Å². The Hall–Kier alpha value is -2.20. The Bertz CT molecular complexity index is 676. The standard InChI is InChI=1S/C19H23ClN2O2/c1-14-13-17(9-10-18(14)20)24-15(2)19(23)21-11-12-22(3)16-7-5-4-6-8-16/h4-10,13,15H,11-12H2,1-3H3,(H,21,23)/t15-/m1/s1. The normalized spacial score (nSPS) is 11.7. The molecule has 1 amide bonds. The molecule has 0 aliphatic carbocycles. The van der Waals surface area contributed by atoms with Crippen molar-refractivity contribution in [2.75, 3.05) is 25.0 Å². The maximum absolute atomic E-state index is 12.1. The van der Waals surface area contributed by atoms with E-state index in [-0.39, 0.29) is 5.91 Å². The lowest BCUT2D eigenvalue weighted by molar-refractivity contribution is -0.127. The highest BCUT2D eigenvalue weighted by molar-refractivity contribution is 6.31. The molecular weight excluding hydrogens is 324 g/mol. The van der Waals surface area contributed by atoms with Crippen LogP contribution < -0.4 is 15.0 Å². The molecule has 0 aliphatic heterocycles. The largest absolute Gasteiger partial charge is 0.481 e. The summed E-state index contributed by atoms with van der Waals surface area (Å²) in [6.45, 7) is 4.92. The second-order valence-corrected chi connectivity index (χ2v) is 6.13. The number of benzene rings is 2. The van der Waals surface area contributed by atoms with Gasteiger partial charge in [0.15, 0.2) is 6.10 Å². The average Bonchev–Trinajstić information content (AvgIpc) is 2.58. The number of amides is 1. The zero-order chi connectivity index (χ0) is 17.5. The third kappa shape index (κ3) is 5.17. The SMILES string of the molecule is Cc1cc(O[C@H](C)C(=O)NCCN(C)c2ccccc2)ccc1Cl. The molecule has 2 aromatic rings. The average molecular weight is 347 g/mol. The number of hydrogen-bond acceptors (Lipinski definition) is 3. The van der Waals surface area contributed by atoms with Crippen LogP contribution in [0.3, 0.4) is 0 Å². The minimum atomic E-state index is -0.562. The lowest BCUT2D eigenvalue weighted by atomic mass is 10.2. The maximum Gasteiger partial charge on any atom is 0.260 e. The van der Waals surface area contributed by atoms with Gasteiger partial charge < -0.3 is 15.0 Å². The second-order valence-electron chi connectivity index (χ2n) is 5.72. The van der Waals surface area contributed by atoms with E-state index in [0.29, 0.717) is 17.3 Å². The molecule has 0 aromatic heterocycles. The minimum Gasteiger partial charge on any atom is -0.481 e. The molecule has 0 saturated carbocycles. The number of anilines is 1. The van der Waals surface area contributed by atoms with Gasteiger partial charge in [-0.15, -0.1) is 0 Å². The molecule has 0 saturated heterocycles. The predicted molar refractivity (Wildman–Crippen MR) is 99.0 cm³/mol. The van der Waals surface area contributed by atoms with Crippen molar-refractivity contribution >= 4 is 23.2 Å². The summed E-state index contributed by atoms with van der Waals surface area (Å²) in [4.78, 5) is 14.2. The van der Waals surface area contributed by atoms with E-state index < -0.39 is 6.10 Å². The summed E-state index contributed by atoms with van der Waals surface area (Å²) in [6, 6.07) is 15.4. The number of aryl methyl sites for hydroxylation is 1. The third-order valence-corrected chi connectivity index (χ3v) is 4.18. The lowest BCUT2D eigenvalue weighted by Crippen LogP contribution is -2.40. The molecular formula is C19H23ClN2O2.